The van der Waals surface area contributed by atoms with E-state index in [-0.39, 0.29) is 11.4 Å². The molecule has 0 N–H and O–H groups in total. The van der Waals surface area contributed by atoms with Crippen molar-refractivity contribution < 1.29 is 8.42 Å². The van der Waals surface area contributed by atoms with Gasteiger partial charge >= 0.3 is 0 Å². The predicted molar refractivity (Wildman–Crippen MR) is 90.3 cm³/mol. The van der Waals surface area contributed by atoms with Gasteiger partial charge in [0.2, 0.25) is 10.0 Å². The highest BCUT2D eigenvalue weighted by Gasteiger charge is 2.23. The summed E-state index contributed by atoms with van der Waals surface area (Å²) in [5.41, 5.74) is 1.51. The Morgan fingerprint density at radius 1 is 1.09 bits per heavy atom. The lowest BCUT2D eigenvalue weighted by atomic mass is 10.1. The summed E-state index contributed by atoms with van der Waals surface area (Å²) >= 11 is 0. The number of nitrogens with zero attached hydrogens (tertiary/aromatic N) is 2. The van der Waals surface area contributed by atoms with Crippen LogP contribution in [0.2, 0.25) is 0 Å². The summed E-state index contributed by atoms with van der Waals surface area (Å²) in [5, 5.41) is 8.81. The molecule has 0 saturated carbocycles. The first-order chi connectivity index (χ1) is 11.1. The van der Waals surface area contributed by atoms with Gasteiger partial charge in [0.1, 0.15) is 0 Å². The molecule has 0 aromatic heterocycles. The fourth-order valence-corrected chi connectivity index (χ4v) is 3.61. The maximum Gasteiger partial charge on any atom is 0.243 e. The summed E-state index contributed by atoms with van der Waals surface area (Å²) in [7, 11) is -3.61. The molecular formula is C18H18N2O2S. The summed E-state index contributed by atoms with van der Waals surface area (Å²) in [6.07, 6.45) is 2.20. The summed E-state index contributed by atoms with van der Waals surface area (Å²) in [6, 6.07) is 17.7. The minimum atomic E-state index is -3.61. The Labute approximate surface area is 137 Å². The summed E-state index contributed by atoms with van der Waals surface area (Å²) in [5.74, 6) is 0. The van der Waals surface area contributed by atoms with Gasteiger partial charge < -0.3 is 0 Å². The van der Waals surface area contributed by atoms with E-state index in [0.29, 0.717) is 18.5 Å². The molecule has 23 heavy (non-hydrogen) atoms. The topological polar surface area (TPSA) is 61.2 Å². The summed E-state index contributed by atoms with van der Waals surface area (Å²) in [4.78, 5) is 0.186. The zero-order chi connectivity index (χ0) is 16.7. The van der Waals surface area contributed by atoms with E-state index >= 15 is 0 Å². The molecule has 2 rings (SSSR count). The molecule has 0 fully saturated rings. The molecule has 0 heterocycles. The van der Waals surface area contributed by atoms with Crippen molar-refractivity contribution >= 4 is 10.0 Å². The molecular weight excluding hydrogens is 308 g/mol. The van der Waals surface area contributed by atoms with Crippen LogP contribution in [-0.2, 0) is 16.4 Å². The maximum atomic E-state index is 12.7. The van der Waals surface area contributed by atoms with Gasteiger partial charge in [-0.05, 0) is 36.2 Å². The third kappa shape index (κ3) is 4.28. The maximum absolute atomic E-state index is 12.7. The van der Waals surface area contributed by atoms with E-state index in [4.69, 9.17) is 5.26 Å². The molecule has 0 saturated heterocycles. The first-order valence-electron chi connectivity index (χ1n) is 7.23. The molecule has 2 aromatic carbocycles. The van der Waals surface area contributed by atoms with Crippen LogP contribution in [0.3, 0.4) is 0 Å². The van der Waals surface area contributed by atoms with Crippen molar-refractivity contribution in [1.29, 1.82) is 5.26 Å². The Hall–Kier alpha value is -2.42. The Morgan fingerprint density at radius 3 is 2.30 bits per heavy atom. The quantitative estimate of drug-likeness (QED) is 0.735. The van der Waals surface area contributed by atoms with Crippen molar-refractivity contribution in [3.8, 4) is 6.07 Å². The smallest absolute Gasteiger partial charge is 0.207 e. The Balaban J connectivity index is 2.20. The first kappa shape index (κ1) is 16.9. The zero-order valence-corrected chi connectivity index (χ0v) is 13.5. The van der Waals surface area contributed by atoms with E-state index in [1.54, 1.807) is 6.08 Å². The van der Waals surface area contributed by atoms with E-state index in [1.807, 2.05) is 36.4 Å². The molecule has 4 nitrogen and oxygen atoms in total. The van der Waals surface area contributed by atoms with Crippen LogP contribution >= 0.6 is 0 Å². The van der Waals surface area contributed by atoms with Gasteiger partial charge in [0.05, 0.1) is 16.5 Å². The van der Waals surface area contributed by atoms with Crippen LogP contribution in [0.1, 0.15) is 11.1 Å². The normalized spacial score (nSPS) is 11.1. The highest BCUT2D eigenvalue weighted by molar-refractivity contribution is 7.89. The Bertz CT molecular complexity index is 791. The molecule has 0 unspecified atom stereocenters. The van der Waals surface area contributed by atoms with Gasteiger partial charge in [-0.25, -0.2) is 8.42 Å². The summed E-state index contributed by atoms with van der Waals surface area (Å²) in [6.45, 7) is 4.26. The molecule has 118 valence electrons. The molecule has 0 aliphatic heterocycles. The van der Waals surface area contributed by atoms with Gasteiger partial charge in [-0.2, -0.15) is 9.57 Å². The van der Waals surface area contributed by atoms with Gasteiger partial charge in [0, 0.05) is 13.1 Å². The molecule has 0 bridgehead atoms. The van der Waals surface area contributed by atoms with Crippen molar-refractivity contribution in [3.05, 3.63) is 78.4 Å². The van der Waals surface area contributed by atoms with Crippen molar-refractivity contribution in [2.75, 3.05) is 13.1 Å². The van der Waals surface area contributed by atoms with Crippen LogP contribution in [0.5, 0.6) is 0 Å². The van der Waals surface area contributed by atoms with Crippen molar-refractivity contribution in [2.45, 2.75) is 11.3 Å². The van der Waals surface area contributed by atoms with E-state index in [9.17, 15) is 8.42 Å². The largest absolute Gasteiger partial charge is 0.243 e. The SMILES string of the molecule is C=CCN(CCc1ccccc1)S(=O)(=O)c1ccc(C#N)cc1. The third-order valence-corrected chi connectivity index (χ3v) is 5.33. The second kappa shape index (κ2) is 7.73. The molecule has 0 aliphatic carbocycles. The lowest BCUT2D eigenvalue weighted by molar-refractivity contribution is 0.445. The lowest BCUT2D eigenvalue weighted by Crippen LogP contribution is -2.33. The fraction of sp³-hybridized carbons (Fsp3) is 0.167. The molecule has 0 amide bonds. The molecule has 2 aromatic rings. The minimum Gasteiger partial charge on any atom is -0.207 e. The monoisotopic (exact) mass is 326 g/mol. The van der Waals surface area contributed by atoms with Gasteiger partial charge in [0.25, 0.3) is 0 Å². The number of hydrogen-bond donors (Lipinski definition) is 0. The van der Waals surface area contributed by atoms with E-state index in [0.717, 1.165) is 5.56 Å². The number of benzene rings is 2. The van der Waals surface area contributed by atoms with E-state index in [1.165, 1.54) is 28.6 Å². The van der Waals surface area contributed by atoms with Crippen LogP contribution in [0.15, 0.2) is 72.1 Å². The predicted octanol–water partition coefficient (Wildman–Crippen LogP) is 2.98. The zero-order valence-electron chi connectivity index (χ0n) is 12.7. The highest BCUT2D eigenvalue weighted by atomic mass is 32.2. The van der Waals surface area contributed by atoms with Crippen LogP contribution in [-0.4, -0.2) is 25.8 Å². The van der Waals surface area contributed by atoms with Gasteiger partial charge in [-0.1, -0.05) is 36.4 Å². The molecule has 0 spiro atoms. The fourth-order valence-electron chi connectivity index (χ4n) is 2.20. The van der Waals surface area contributed by atoms with Gasteiger partial charge in [0.15, 0.2) is 0 Å². The van der Waals surface area contributed by atoms with Crippen LogP contribution in [0.4, 0.5) is 0 Å². The number of sulfonamides is 1. The Kier molecular flexibility index (Phi) is 5.69. The molecule has 0 atom stereocenters. The minimum absolute atomic E-state index is 0.186. The number of nitriles is 1. The molecule has 0 radical (unpaired) electrons. The average molecular weight is 326 g/mol. The van der Waals surface area contributed by atoms with Crippen molar-refractivity contribution in [3.63, 3.8) is 0 Å². The average Bonchev–Trinajstić information content (AvgIpc) is 2.59. The standard InChI is InChI=1S/C18H18N2O2S/c1-2-13-20(14-12-16-6-4-3-5-7-16)23(21,22)18-10-8-17(15-19)9-11-18/h2-11H,1,12-14H2. The summed E-state index contributed by atoms with van der Waals surface area (Å²) < 4.78 is 26.9. The second-order valence-corrected chi connectivity index (χ2v) is 6.96. The lowest BCUT2D eigenvalue weighted by Gasteiger charge is -2.20. The highest BCUT2D eigenvalue weighted by Crippen LogP contribution is 2.17. The van der Waals surface area contributed by atoms with Gasteiger partial charge in [-0.15, -0.1) is 6.58 Å². The van der Waals surface area contributed by atoms with Gasteiger partial charge in [-0.3, -0.25) is 0 Å². The molecule has 0 aliphatic rings. The number of hydrogen-bond acceptors (Lipinski definition) is 3. The second-order valence-electron chi connectivity index (χ2n) is 5.02. The van der Waals surface area contributed by atoms with Crippen molar-refractivity contribution in [2.24, 2.45) is 0 Å². The number of rotatable bonds is 7. The first-order valence-corrected chi connectivity index (χ1v) is 8.67. The van der Waals surface area contributed by atoms with E-state index < -0.39 is 10.0 Å². The Morgan fingerprint density at radius 2 is 1.74 bits per heavy atom. The van der Waals surface area contributed by atoms with Crippen LogP contribution in [0.25, 0.3) is 0 Å². The van der Waals surface area contributed by atoms with Crippen molar-refractivity contribution in [1.82, 2.24) is 4.31 Å². The molecule has 5 heteroatoms. The van der Waals surface area contributed by atoms with Crippen LogP contribution < -0.4 is 0 Å². The van der Waals surface area contributed by atoms with Crippen LogP contribution in [0, 0.1) is 11.3 Å². The van der Waals surface area contributed by atoms with E-state index in [2.05, 4.69) is 6.58 Å². The third-order valence-electron chi connectivity index (χ3n) is 3.45.